The summed E-state index contributed by atoms with van der Waals surface area (Å²) < 4.78 is 7.19. The number of carbonyl (C=O) groups excluding carboxylic acids is 1. The fraction of sp³-hybridized carbons (Fsp3) is 0.250. The lowest BCUT2D eigenvalue weighted by Gasteiger charge is -2.31. The van der Waals surface area contributed by atoms with Crippen LogP contribution in [0, 0.1) is 0 Å². The Labute approximate surface area is 155 Å². The first kappa shape index (κ1) is 17.1. The largest absolute Gasteiger partial charge is 0.478 e. The van der Waals surface area contributed by atoms with Crippen LogP contribution in [0.4, 0.5) is 0 Å². The minimum Gasteiger partial charge on any atom is -0.478 e. The minimum absolute atomic E-state index is 0.0901. The van der Waals surface area contributed by atoms with Crippen LogP contribution in [0.1, 0.15) is 39.8 Å². The summed E-state index contributed by atoms with van der Waals surface area (Å²) in [6, 6.07) is 11.6. The molecule has 7 nitrogen and oxygen atoms in total. The number of benzene rings is 1. The van der Waals surface area contributed by atoms with Crippen LogP contribution in [0.3, 0.4) is 0 Å². The molecule has 1 aliphatic heterocycles. The maximum absolute atomic E-state index is 12.9. The van der Waals surface area contributed by atoms with Gasteiger partial charge in [-0.05, 0) is 24.5 Å². The van der Waals surface area contributed by atoms with Crippen LogP contribution in [-0.4, -0.2) is 44.8 Å². The van der Waals surface area contributed by atoms with E-state index in [0.29, 0.717) is 31.7 Å². The maximum atomic E-state index is 12.9. The van der Waals surface area contributed by atoms with Crippen molar-refractivity contribution in [1.82, 2.24) is 14.7 Å². The number of amides is 1. The summed E-state index contributed by atoms with van der Waals surface area (Å²) in [5.74, 6) is -0.754. The molecule has 138 valence electrons. The molecule has 0 aliphatic carbocycles. The van der Waals surface area contributed by atoms with Crippen molar-refractivity contribution in [3.05, 3.63) is 66.4 Å². The number of nitrogens with zero attached hydrogens (tertiary/aromatic N) is 3. The van der Waals surface area contributed by atoms with Gasteiger partial charge in [-0.15, -0.1) is 0 Å². The lowest BCUT2D eigenvalue weighted by molar-refractivity contribution is 0.0658. The van der Waals surface area contributed by atoms with Crippen LogP contribution < -0.4 is 0 Å². The van der Waals surface area contributed by atoms with Gasteiger partial charge >= 0.3 is 5.97 Å². The number of carboxylic acids is 1. The zero-order valence-corrected chi connectivity index (χ0v) is 14.6. The fourth-order valence-corrected chi connectivity index (χ4v) is 3.45. The van der Waals surface area contributed by atoms with E-state index in [-0.39, 0.29) is 17.5 Å². The summed E-state index contributed by atoms with van der Waals surface area (Å²) in [5, 5.41) is 13.2. The maximum Gasteiger partial charge on any atom is 0.338 e. The van der Waals surface area contributed by atoms with Crippen LogP contribution in [0.5, 0.6) is 0 Å². The number of likely N-dealkylation sites (tertiary alicyclic amines) is 1. The summed E-state index contributed by atoms with van der Waals surface area (Å²) in [4.78, 5) is 25.7. The molecular formula is C20H19N3O4. The van der Waals surface area contributed by atoms with Gasteiger partial charge in [0.15, 0.2) is 5.76 Å². The highest BCUT2D eigenvalue weighted by Crippen LogP contribution is 2.28. The van der Waals surface area contributed by atoms with E-state index in [1.54, 1.807) is 22.0 Å². The third-order valence-electron chi connectivity index (χ3n) is 4.92. The molecule has 1 amide bonds. The number of hydrogen-bond donors (Lipinski definition) is 1. The normalized spacial score (nSPS) is 15.0. The van der Waals surface area contributed by atoms with Gasteiger partial charge in [-0.25, -0.2) is 4.79 Å². The number of carbonyl (C=O) groups is 2. The molecule has 4 rings (SSSR count). The van der Waals surface area contributed by atoms with E-state index in [1.807, 2.05) is 36.4 Å². The highest BCUT2D eigenvalue weighted by atomic mass is 16.4. The molecule has 1 saturated heterocycles. The predicted molar refractivity (Wildman–Crippen MR) is 97.5 cm³/mol. The first-order valence-electron chi connectivity index (χ1n) is 8.83. The van der Waals surface area contributed by atoms with Gasteiger partial charge in [0.2, 0.25) is 0 Å². The zero-order chi connectivity index (χ0) is 18.8. The summed E-state index contributed by atoms with van der Waals surface area (Å²) in [5.41, 5.74) is 1.92. The van der Waals surface area contributed by atoms with Crippen molar-refractivity contribution in [2.45, 2.75) is 18.9 Å². The van der Waals surface area contributed by atoms with Crippen LogP contribution in [0.25, 0.3) is 11.1 Å². The molecule has 3 aromatic rings. The molecule has 3 heterocycles. The Balaban J connectivity index is 1.45. The number of carboxylic acid groups (broad SMARTS) is 1. The molecule has 0 unspecified atom stereocenters. The molecule has 0 spiro atoms. The summed E-state index contributed by atoms with van der Waals surface area (Å²) in [6.45, 7) is 1.14. The van der Waals surface area contributed by atoms with Gasteiger partial charge in [-0.2, -0.15) is 5.10 Å². The third kappa shape index (κ3) is 3.36. The van der Waals surface area contributed by atoms with Crippen molar-refractivity contribution in [2.24, 2.45) is 0 Å². The Hall–Kier alpha value is -3.35. The topological polar surface area (TPSA) is 88.6 Å². The summed E-state index contributed by atoms with van der Waals surface area (Å²) in [6.07, 6.45) is 5.88. The molecule has 0 atom stereocenters. The minimum atomic E-state index is -0.986. The lowest BCUT2D eigenvalue weighted by Crippen LogP contribution is -2.39. The first-order valence-corrected chi connectivity index (χ1v) is 8.83. The quantitative estimate of drug-likeness (QED) is 0.766. The molecule has 1 aliphatic rings. The van der Waals surface area contributed by atoms with Crippen molar-refractivity contribution in [1.29, 1.82) is 0 Å². The van der Waals surface area contributed by atoms with E-state index >= 15 is 0 Å². The number of aromatic carboxylic acids is 1. The number of aromatic nitrogens is 2. The molecule has 0 radical (unpaired) electrons. The smallest absolute Gasteiger partial charge is 0.338 e. The van der Waals surface area contributed by atoms with Crippen molar-refractivity contribution in [3.8, 4) is 11.1 Å². The van der Waals surface area contributed by atoms with Gasteiger partial charge in [0.05, 0.1) is 24.1 Å². The molecule has 1 N–H and O–H groups in total. The van der Waals surface area contributed by atoms with E-state index in [4.69, 9.17) is 9.52 Å². The number of rotatable bonds is 4. The standard InChI is InChI=1S/C20H19N3O4/c24-19(18-17(8-11-27-18)14-4-2-1-3-5-14)22-9-6-16(7-10-22)23-13-15(12-21-23)20(25)26/h1-5,8,11-13,16H,6-7,9-10H2,(H,25,26). The van der Waals surface area contributed by atoms with Gasteiger partial charge in [0, 0.05) is 24.8 Å². The number of piperidine rings is 1. The third-order valence-corrected chi connectivity index (χ3v) is 4.92. The van der Waals surface area contributed by atoms with Crippen LogP contribution >= 0.6 is 0 Å². The molecule has 27 heavy (non-hydrogen) atoms. The van der Waals surface area contributed by atoms with Gasteiger partial charge in [0.1, 0.15) is 0 Å². The Bertz CT molecular complexity index is 953. The Kier molecular flexibility index (Phi) is 4.50. The molecule has 1 aromatic carbocycles. The number of hydrogen-bond acceptors (Lipinski definition) is 4. The van der Waals surface area contributed by atoms with Crippen LogP contribution in [0.2, 0.25) is 0 Å². The van der Waals surface area contributed by atoms with E-state index < -0.39 is 5.97 Å². The van der Waals surface area contributed by atoms with E-state index in [1.165, 1.54) is 6.20 Å². The van der Waals surface area contributed by atoms with Crippen molar-refractivity contribution in [3.63, 3.8) is 0 Å². The fourth-order valence-electron chi connectivity index (χ4n) is 3.45. The average Bonchev–Trinajstić information content (AvgIpc) is 3.38. The van der Waals surface area contributed by atoms with Gasteiger partial charge < -0.3 is 14.4 Å². The average molecular weight is 365 g/mol. The second-order valence-corrected chi connectivity index (χ2v) is 6.57. The van der Waals surface area contributed by atoms with Crippen molar-refractivity contribution in [2.75, 3.05) is 13.1 Å². The van der Waals surface area contributed by atoms with E-state index in [0.717, 1.165) is 11.1 Å². The van der Waals surface area contributed by atoms with E-state index in [2.05, 4.69) is 5.10 Å². The molecule has 0 bridgehead atoms. The Morgan fingerprint density at radius 1 is 1.11 bits per heavy atom. The van der Waals surface area contributed by atoms with E-state index in [9.17, 15) is 9.59 Å². The highest BCUT2D eigenvalue weighted by molar-refractivity contribution is 5.98. The number of furan rings is 1. The van der Waals surface area contributed by atoms with Crippen LogP contribution in [-0.2, 0) is 0 Å². The summed E-state index contributed by atoms with van der Waals surface area (Å²) >= 11 is 0. The molecule has 2 aromatic heterocycles. The molecular weight excluding hydrogens is 346 g/mol. The summed E-state index contributed by atoms with van der Waals surface area (Å²) in [7, 11) is 0. The molecule has 7 heteroatoms. The van der Waals surface area contributed by atoms with Crippen molar-refractivity contribution >= 4 is 11.9 Å². The lowest BCUT2D eigenvalue weighted by atomic mass is 10.0. The van der Waals surface area contributed by atoms with Crippen molar-refractivity contribution < 1.29 is 19.1 Å². The van der Waals surface area contributed by atoms with Gasteiger partial charge in [-0.3, -0.25) is 9.48 Å². The predicted octanol–water partition coefficient (Wildman–Crippen LogP) is 3.32. The Morgan fingerprint density at radius 2 is 1.85 bits per heavy atom. The van der Waals surface area contributed by atoms with Gasteiger partial charge in [0.25, 0.3) is 5.91 Å². The monoisotopic (exact) mass is 365 g/mol. The second-order valence-electron chi connectivity index (χ2n) is 6.57. The molecule has 0 saturated carbocycles. The highest BCUT2D eigenvalue weighted by Gasteiger charge is 2.28. The van der Waals surface area contributed by atoms with Gasteiger partial charge in [-0.1, -0.05) is 30.3 Å². The first-order chi connectivity index (χ1) is 13.1. The SMILES string of the molecule is O=C(O)c1cnn(C2CCN(C(=O)c3occc3-c3ccccc3)CC2)c1. The Morgan fingerprint density at radius 3 is 2.52 bits per heavy atom. The second kappa shape index (κ2) is 7.11. The molecule has 1 fully saturated rings. The van der Waals surface area contributed by atoms with Crippen LogP contribution in [0.15, 0.2) is 59.5 Å². The zero-order valence-electron chi connectivity index (χ0n) is 14.6.